The average Bonchev–Trinajstić information content (AvgIpc) is 2.96. The highest BCUT2D eigenvalue weighted by Crippen LogP contribution is 2.67. The molecule has 0 saturated heterocycles. The van der Waals surface area contributed by atoms with E-state index in [1.165, 1.54) is 64.2 Å². The lowest BCUT2D eigenvalue weighted by Crippen LogP contribution is -2.50. The van der Waals surface area contributed by atoms with Crippen molar-refractivity contribution < 1.29 is 5.11 Å². The second kappa shape index (κ2) is 6.89. The summed E-state index contributed by atoms with van der Waals surface area (Å²) >= 11 is 0. The minimum atomic E-state index is -0.509. The SMILES string of the molecule is CC(CCC(C)(C)O)C1CCC2C3CC=C4CCCCC4(C)C3CCC12C. The molecule has 7 unspecified atom stereocenters. The maximum atomic E-state index is 10.2. The first-order valence-electron chi connectivity index (χ1n) is 12.1. The minimum absolute atomic E-state index is 0.509. The van der Waals surface area contributed by atoms with E-state index in [-0.39, 0.29) is 0 Å². The van der Waals surface area contributed by atoms with Crippen LogP contribution >= 0.6 is 0 Å². The van der Waals surface area contributed by atoms with Crippen LogP contribution in [0.2, 0.25) is 0 Å². The van der Waals surface area contributed by atoms with Gasteiger partial charge in [0.1, 0.15) is 0 Å². The molecule has 0 spiro atoms. The summed E-state index contributed by atoms with van der Waals surface area (Å²) in [5.41, 5.74) is 2.42. The molecule has 4 aliphatic carbocycles. The van der Waals surface area contributed by atoms with E-state index in [1.54, 1.807) is 0 Å². The van der Waals surface area contributed by atoms with Crippen LogP contribution in [0.25, 0.3) is 0 Å². The summed E-state index contributed by atoms with van der Waals surface area (Å²) in [6, 6.07) is 0. The van der Waals surface area contributed by atoms with Crippen LogP contribution in [0, 0.1) is 40.4 Å². The van der Waals surface area contributed by atoms with E-state index in [1.807, 2.05) is 19.4 Å². The Kier molecular flexibility index (Phi) is 5.10. The van der Waals surface area contributed by atoms with Crippen LogP contribution in [0.3, 0.4) is 0 Å². The van der Waals surface area contributed by atoms with Gasteiger partial charge in [-0.05, 0) is 118 Å². The monoisotopic (exact) mass is 372 g/mol. The molecule has 27 heavy (non-hydrogen) atoms. The van der Waals surface area contributed by atoms with Gasteiger partial charge in [0.05, 0.1) is 5.60 Å². The molecular formula is C26H44O. The third-order valence-corrected chi connectivity index (χ3v) is 9.99. The fourth-order valence-corrected chi connectivity index (χ4v) is 8.46. The van der Waals surface area contributed by atoms with Gasteiger partial charge in [0, 0.05) is 0 Å². The van der Waals surface area contributed by atoms with Crippen LogP contribution < -0.4 is 0 Å². The van der Waals surface area contributed by atoms with Crippen molar-refractivity contribution in [2.24, 2.45) is 40.4 Å². The second-order valence-electron chi connectivity index (χ2n) is 12.0. The largest absolute Gasteiger partial charge is 0.390 e. The van der Waals surface area contributed by atoms with Crippen molar-refractivity contribution in [3.63, 3.8) is 0 Å². The van der Waals surface area contributed by atoms with E-state index < -0.39 is 5.60 Å². The number of hydrogen-bond donors (Lipinski definition) is 1. The minimum Gasteiger partial charge on any atom is -0.390 e. The van der Waals surface area contributed by atoms with Gasteiger partial charge in [0.15, 0.2) is 0 Å². The summed E-state index contributed by atoms with van der Waals surface area (Å²) in [5.74, 6) is 4.48. The predicted molar refractivity (Wildman–Crippen MR) is 115 cm³/mol. The van der Waals surface area contributed by atoms with Crippen molar-refractivity contribution in [2.75, 3.05) is 0 Å². The van der Waals surface area contributed by atoms with Gasteiger partial charge in [0.2, 0.25) is 0 Å². The number of fused-ring (bicyclic) bond motifs is 5. The van der Waals surface area contributed by atoms with E-state index >= 15 is 0 Å². The van der Waals surface area contributed by atoms with Crippen LogP contribution in [0.5, 0.6) is 0 Å². The van der Waals surface area contributed by atoms with E-state index in [4.69, 9.17) is 0 Å². The van der Waals surface area contributed by atoms with Crippen LogP contribution in [0.15, 0.2) is 11.6 Å². The number of aliphatic hydroxyl groups is 1. The van der Waals surface area contributed by atoms with Gasteiger partial charge in [-0.2, -0.15) is 0 Å². The quantitative estimate of drug-likeness (QED) is 0.520. The zero-order chi connectivity index (χ0) is 19.4. The molecule has 1 N–H and O–H groups in total. The Bertz CT molecular complexity index is 584. The fraction of sp³-hybridized carbons (Fsp3) is 0.923. The first-order valence-corrected chi connectivity index (χ1v) is 12.1. The Morgan fingerprint density at radius 3 is 2.63 bits per heavy atom. The van der Waals surface area contributed by atoms with Crippen LogP contribution in [-0.2, 0) is 0 Å². The molecule has 4 rings (SSSR count). The lowest BCUT2D eigenvalue weighted by molar-refractivity contribution is -0.0515. The summed E-state index contributed by atoms with van der Waals surface area (Å²) in [4.78, 5) is 0. The molecule has 1 nitrogen and oxygen atoms in total. The highest BCUT2D eigenvalue weighted by atomic mass is 16.3. The van der Waals surface area contributed by atoms with Gasteiger partial charge >= 0.3 is 0 Å². The lowest BCUT2D eigenvalue weighted by Gasteiger charge is -2.58. The molecule has 0 aliphatic heterocycles. The van der Waals surface area contributed by atoms with E-state index in [0.717, 1.165) is 36.0 Å². The first-order chi connectivity index (χ1) is 12.7. The van der Waals surface area contributed by atoms with E-state index in [2.05, 4.69) is 26.8 Å². The molecule has 0 aromatic carbocycles. The third kappa shape index (κ3) is 3.34. The Balaban J connectivity index is 1.52. The Morgan fingerprint density at radius 2 is 1.89 bits per heavy atom. The molecule has 0 heterocycles. The van der Waals surface area contributed by atoms with Gasteiger partial charge in [0.25, 0.3) is 0 Å². The molecule has 154 valence electrons. The smallest absolute Gasteiger partial charge is 0.0591 e. The van der Waals surface area contributed by atoms with Gasteiger partial charge in [-0.3, -0.25) is 0 Å². The van der Waals surface area contributed by atoms with Crippen LogP contribution in [0.1, 0.15) is 105 Å². The second-order valence-corrected chi connectivity index (χ2v) is 12.0. The number of hydrogen-bond acceptors (Lipinski definition) is 1. The van der Waals surface area contributed by atoms with Gasteiger partial charge in [-0.15, -0.1) is 0 Å². The maximum Gasteiger partial charge on any atom is 0.0591 e. The maximum absolute atomic E-state index is 10.2. The first kappa shape index (κ1) is 20.0. The lowest BCUT2D eigenvalue weighted by atomic mass is 9.47. The summed E-state index contributed by atoms with van der Waals surface area (Å²) in [6.45, 7) is 11.7. The predicted octanol–water partition coefficient (Wildman–Crippen LogP) is 7.14. The zero-order valence-corrected chi connectivity index (χ0v) is 18.7. The van der Waals surface area contributed by atoms with E-state index in [9.17, 15) is 5.11 Å². The summed E-state index contributed by atoms with van der Waals surface area (Å²) in [7, 11) is 0. The standard InChI is InChI=1S/C26H44O/c1-18(13-16-24(2,3)27)21-11-12-22-20-10-9-19-8-6-7-15-25(19,4)23(20)14-17-26(21,22)5/h9,18,20-23,27H,6-8,10-17H2,1-5H3. The molecule has 0 aromatic heterocycles. The van der Waals surface area contributed by atoms with Crippen molar-refractivity contribution in [1.29, 1.82) is 0 Å². The molecule has 3 fully saturated rings. The Labute approximate surface area is 168 Å². The van der Waals surface area contributed by atoms with Gasteiger partial charge < -0.3 is 5.11 Å². The van der Waals surface area contributed by atoms with Crippen molar-refractivity contribution in [1.82, 2.24) is 0 Å². The van der Waals surface area contributed by atoms with Gasteiger partial charge in [-0.1, -0.05) is 38.8 Å². The summed E-state index contributed by atoms with van der Waals surface area (Å²) in [5, 5.41) is 10.2. The van der Waals surface area contributed by atoms with Crippen molar-refractivity contribution in [3.05, 3.63) is 11.6 Å². The molecular weight excluding hydrogens is 328 g/mol. The number of allylic oxidation sites excluding steroid dienone is 2. The van der Waals surface area contributed by atoms with Crippen molar-refractivity contribution in [2.45, 2.75) is 111 Å². The highest BCUT2D eigenvalue weighted by molar-refractivity contribution is 5.24. The fourth-order valence-electron chi connectivity index (χ4n) is 8.46. The molecule has 4 aliphatic rings. The molecule has 3 saturated carbocycles. The summed E-state index contributed by atoms with van der Waals surface area (Å²) < 4.78 is 0. The third-order valence-electron chi connectivity index (χ3n) is 9.99. The summed E-state index contributed by atoms with van der Waals surface area (Å²) in [6.07, 6.45) is 17.8. The van der Waals surface area contributed by atoms with Crippen molar-refractivity contribution >= 4 is 0 Å². The average molecular weight is 373 g/mol. The Hall–Kier alpha value is -0.300. The highest BCUT2D eigenvalue weighted by Gasteiger charge is 2.58. The van der Waals surface area contributed by atoms with Gasteiger partial charge in [-0.25, -0.2) is 0 Å². The molecule has 0 bridgehead atoms. The molecule has 0 amide bonds. The normalized spacial score (nSPS) is 45.5. The topological polar surface area (TPSA) is 20.2 Å². The Morgan fingerprint density at radius 1 is 1.11 bits per heavy atom. The molecule has 0 aromatic rings. The molecule has 1 heteroatoms. The van der Waals surface area contributed by atoms with E-state index in [0.29, 0.717) is 10.8 Å². The molecule has 0 radical (unpaired) electrons. The van der Waals surface area contributed by atoms with Crippen molar-refractivity contribution in [3.8, 4) is 0 Å². The van der Waals surface area contributed by atoms with Crippen LogP contribution in [-0.4, -0.2) is 10.7 Å². The number of rotatable bonds is 4. The van der Waals surface area contributed by atoms with Crippen LogP contribution in [0.4, 0.5) is 0 Å². The zero-order valence-electron chi connectivity index (χ0n) is 18.7. The molecule has 7 atom stereocenters.